The third-order valence-electron chi connectivity index (χ3n) is 6.09. The molecule has 0 aliphatic carbocycles. The van der Waals surface area contributed by atoms with E-state index >= 15 is 0 Å². The van der Waals surface area contributed by atoms with Crippen molar-refractivity contribution in [3.63, 3.8) is 0 Å². The van der Waals surface area contributed by atoms with Crippen molar-refractivity contribution in [2.75, 3.05) is 32.9 Å². The van der Waals surface area contributed by atoms with Gasteiger partial charge < -0.3 is 19.3 Å². The quantitative estimate of drug-likeness (QED) is 0.182. The third kappa shape index (κ3) is 6.19. The van der Waals surface area contributed by atoms with E-state index in [4.69, 9.17) is 14.5 Å². The number of unbranched alkanes of at least 4 members (excludes halogenated alkanes) is 1. The molecule has 0 amide bonds. The van der Waals surface area contributed by atoms with E-state index in [0.717, 1.165) is 12.1 Å². The molecule has 0 saturated carbocycles. The fraction of sp³-hybridized carbons (Fsp3) is 0.542. The first-order valence-corrected chi connectivity index (χ1v) is 13.7. The molecule has 1 aliphatic rings. The van der Waals surface area contributed by atoms with E-state index in [-0.39, 0.29) is 18.3 Å². The normalized spacial score (nSPS) is 14.9. The molecule has 0 bridgehead atoms. The van der Waals surface area contributed by atoms with Crippen molar-refractivity contribution < 1.29 is 23.6 Å². The molecule has 1 aliphatic heterocycles. The van der Waals surface area contributed by atoms with Gasteiger partial charge in [0.25, 0.3) is 10.6 Å². The summed E-state index contributed by atoms with van der Waals surface area (Å²) in [5.74, 6) is 0.864. The Morgan fingerprint density at radius 2 is 2.00 bits per heavy atom. The van der Waals surface area contributed by atoms with Gasteiger partial charge in [-0.05, 0) is 44.4 Å². The van der Waals surface area contributed by atoms with Crippen molar-refractivity contribution >= 4 is 22.0 Å². The first-order chi connectivity index (χ1) is 18.3. The average Bonchev–Trinajstić information content (AvgIpc) is 3.17. The van der Waals surface area contributed by atoms with E-state index < -0.39 is 16.1 Å². The maximum Gasteiger partial charge on any atom is 0.294 e. The lowest BCUT2D eigenvalue weighted by atomic mass is 10.1. The Morgan fingerprint density at radius 1 is 1.24 bits per heavy atom. The second-order valence-corrected chi connectivity index (χ2v) is 10.4. The number of hydrogen-bond donors (Lipinski definition) is 1. The Balaban J connectivity index is 1.48. The topological polar surface area (TPSA) is 155 Å². The van der Waals surface area contributed by atoms with Crippen LogP contribution in [0.15, 0.2) is 27.9 Å². The van der Waals surface area contributed by atoms with Crippen LogP contribution in [0.3, 0.4) is 0 Å². The fourth-order valence-corrected chi connectivity index (χ4v) is 5.55. The molecule has 1 fully saturated rings. The Bertz CT molecular complexity index is 1370. The zero-order valence-electron chi connectivity index (χ0n) is 21.7. The number of nitrogens with one attached hydrogen (secondary N) is 1. The van der Waals surface area contributed by atoms with Crippen LogP contribution in [-0.2, 0) is 34.0 Å². The molecule has 13 nitrogen and oxygen atoms in total. The zero-order chi connectivity index (χ0) is 27.2. The second kappa shape index (κ2) is 12.5. The number of H-pyrrole nitrogens is 1. The largest absolute Gasteiger partial charge is 0.493 e. The van der Waals surface area contributed by atoms with Crippen molar-refractivity contribution in [3.05, 3.63) is 44.4 Å². The molecule has 206 valence electrons. The highest BCUT2D eigenvalue weighted by Crippen LogP contribution is 2.32. The Morgan fingerprint density at radius 3 is 2.71 bits per heavy atom. The van der Waals surface area contributed by atoms with Crippen LogP contribution in [0.4, 0.5) is 0 Å². The van der Waals surface area contributed by atoms with Crippen molar-refractivity contribution in [1.82, 2.24) is 24.1 Å². The number of fused-ring (bicyclic) bond motifs is 1. The monoisotopic (exact) mass is 548 g/mol. The summed E-state index contributed by atoms with van der Waals surface area (Å²) in [5.41, 5.74) is 1.96. The number of rotatable bonds is 14. The molecule has 38 heavy (non-hydrogen) atoms. The van der Waals surface area contributed by atoms with E-state index in [0.29, 0.717) is 78.6 Å². The van der Waals surface area contributed by atoms with Gasteiger partial charge in [0.15, 0.2) is 5.52 Å². The van der Waals surface area contributed by atoms with Crippen LogP contribution >= 0.6 is 0 Å². The van der Waals surface area contributed by atoms with Gasteiger partial charge in [-0.25, -0.2) is 13.5 Å². The van der Waals surface area contributed by atoms with Gasteiger partial charge >= 0.3 is 0 Å². The highest BCUT2D eigenvalue weighted by atomic mass is 32.2. The van der Waals surface area contributed by atoms with Gasteiger partial charge in [-0.15, -0.1) is 10.1 Å². The van der Waals surface area contributed by atoms with Crippen molar-refractivity contribution in [3.8, 4) is 17.1 Å². The van der Waals surface area contributed by atoms with Gasteiger partial charge in [0.1, 0.15) is 28.1 Å². The molecular weight excluding hydrogens is 516 g/mol. The molecule has 14 heteroatoms. The van der Waals surface area contributed by atoms with Gasteiger partial charge in [0.2, 0.25) is 0 Å². The summed E-state index contributed by atoms with van der Waals surface area (Å²) in [4.78, 5) is 35.5. The molecule has 3 aromatic rings. The molecular formula is C24H32N6O7S. The standard InChI is InChI=1S/C24H32N6O7S/c1-4-8-19-21-22(28(3)27-19)24(31)26-23(25-21)18-13-17(9-10-20(18)35-5-2)38(34)29-14-16(15-29)36-11-6-7-12-37-30(32)33/h9-10,13,16H,4-8,11-12,14-15H2,1-3H3,(H,25,26,31). The summed E-state index contributed by atoms with van der Waals surface area (Å²) >= 11 is 0. The molecule has 3 heterocycles. The number of benzene rings is 1. The lowest BCUT2D eigenvalue weighted by Crippen LogP contribution is -2.52. The summed E-state index contributed by atoms with van der Waals surface area (Å²) in [5, 5.41) is 13.8. The summed E-state index contributed by atoms with van der Waals surface area (Å²) in [6.07, 6.45) is 2.67. The molecule has 1 N–H and O–H groups in total. The molecule has 0 spiro atoms. The maximum absolute atomic E-state index is 13.3. The molecule has 1 saturated heterocycles. The van der Waals surface area contributed by atoms with Crippen molar-refractivity contribution in [2.24, 2.45) is 7.05 Å². The number of ether oxygens (including phenoxy) is 2. The summed E-state index contributed by atoms with van der Waals surface area (Å²) in [7, 11) is 0.281. The Kier molecular flexibility index (Phi) is 9.07. The van der Waals surface area contributed by atoms with Crippen LogP contribution < -0.4 is 10.3 Å². The minimum atomic E-state index is -1.44. The van der Waals surface area contributed by atoms with E-state index in [1.54, 1.807) is 34.2 Å². The first-order valence-electron chi connectivity index (χ1n) is 12.6. The second-order valence-electron chi connectivity index (χ2n) is 8.88. The Labute approximate surface area is 221 Å². The fourth-order valence-electron chi connectivity index (χ4n) is 4.25. The van der Waals surface area contributed by atoms with Crippen LogP contribution in [0, 0.1) is 10.1 Å². The van der Waals surface area contributed by atoms with E-state index in [9.17, 15) is 19.1 Å². The van der Waals surface area contributed by atoms with Crippen molar-refractivity contribution in [1.29, 1.82) is 0 Å². The van der Waals surface area contributed by atoms with E-state index in [1.165, 1.54) is 0 Å². The zero-order valence-corrected chi connectivity index (χ0v) is 22.5. The minimum Gasteiger partial charge on any atom is -0.493 e. The number of aromatic amines is 1. The molecule has 4 rings (SSSR count). The number of aromatic nitrogens is 4. The van der Waals surface area contributed by atoms with Gasteiger partial charge in [0.05, 0.1) is 35.5 Å². The molecule has 1 aromatic carbocycles. The first kappa shape index (κ1) is 27.7. The van der Waals surface area contributed by atoms with Gasteiger partial charge in [-0.3, -0.25) is 9.48 Å². The van der Waals surface area contributed by atoms with Gasteiger partial charge in [-0.2, -0.15) is 5.10 Å². The van der Waals surface area contributed by atoms with Crippen LogP contribution in [-0.4, -0.2) is 72.4 Å². The predicted molar refractivity (Wildman–Crippen MR) is 140 cm³/mol. The molecule has 1 unspecified atom stereocenters. The third-order valence-corrected chi connectivity index (χ3v) is 7.52. The predicted octanol–water partition coefficient (Wildman–Crippen LogP) is 2.39. The lowest BCUT2D eigenvalue weighted by Gasteiger charge is -2.37. The average molecular weight is 549 g/mol. The lowest BCUT2D eigenvalue weighted by molar-refractivity contribution is -0.757. The van der Waals surface area contributed by atoms with Crippen molar-refractivity contribution in [2.45, 2.75) is 50.5 Å². The van der Waals surface area contributed by atoms with E-state index in [2.05, 4.69) is 14.9 Å². The number of nitrogens with zero attached hydrogens (tertiary/aromatic N) is 5. The maximum atomic E-state index is 13.3. The van der Waals surface area contributed by atoms with Gasteiger partial charge in [0, 0.05) is 26.7 Å². The molecule has 2 aromatic heterocycles. The molecule has 0 radical (unpaired) electrons. The summed E-state index contributed by atoms with van der Waals surface area (Å²) in [6, 6.07) is 5.23. The molecule has 1 atom stereocenters. The SMILES string of the molecule is CCCc1nn(C)c2c(=O)[nH]c(-c3cc(S(=O)N4CC(OCCCCO[N+](=O)[O-])C4)ccc3OCC)nc12. The minimum absolute atomic E-state index is 0.0466. The van der Waals surface area contributed by atoms with Gasteiger partial charge in [-0.1, -0.05) is 13.3 Å². The number of hydrogen-bond acceptors (Lipinski definition) is 9. The van der Waals surface area contributed by atoms with Crippen LogP contribution in [0.5, 0.6) is 5.75 Å². The van der Waals surface area contributed by atoms with Crippen LogP contribution in [0.1, 0.15) is 38.8 Å². The highest BCUT2D eigenvalue weighted by Gasteiger charge is 2.32. The summed E-state index contributed by atoms with van der Waals surface area (Å²) in [6.45, 7) is 5.82. The smallest absolute Gasteiger partial charge is 0.294 e. The Hall–Kier alpha value is -3.36. The highest BCUT2D eigenvalue weighted by molar-refractivity contribution is 7.82. The summed E-state index contributed by atoms with van der Waals surface area (Å²) < 4.78 is 28.2. The van der Waals surface area contributed by atoms with Crippen LogP contribution in [0.2, 0.25) is 0 Å². The number of aryl methyl sites for hydroxylation is 2. The van der Waals surface area contributed by atoms with Crippen LogP contribution in [0.25, 0.3) is 22.4 Å². The van der Waals surface area contributed by atoms with E-state index in [1.807, 2.05) is 13.8 Å².